The number of nitrogens with one attached hydrogen (secondary N) is 1. The molecule has 0 unspecified atom stereocenters. The van der Waals surface area contributed by atoms with Crippen molar-refractivity contribution in [3.8, 4) is 0 Å². The summed E-state index contributed by atoms with van der Waals surface area (Å²) in [5.41, 5.74) is 2.53. The van der Waals surface area contributed by atoms with Crippen molar-refractivity contribution in [1.82, 2.24) is 20.2 Å². The average molecular weight is 296 g/mol. The minimum atomic E-state index is 0.650. The molecule has 116 valence electrons. The lowest BCUT2D eigenvalue weighted by Gasteiger charge is -2.32. The van der Waals surface area contributed by atoms with Crippen LogP contribution in [0.15, 0.2) is 48.9 Å². The van der Waals surface area contributed by atoms with Crippen LogP contribution in [-0.2, 0) is 13.0 Å². The van der Waals surface area contributed by atoms with Gasteiger partial charge >= 0.3 is 0 Å². The Balaban J connectivity index is 1.35. The topological polar surface area (TPSA) is 41.0 Å². The standard InChI is InChI=1S/C18H24N4/c1-2-9-20-17(3-1)6-12-21-18-7-13-22(14-8-18)15-16-4-10-19-11-5-16/h1-5,9-11,18,21H,6-8,12-15H2. The predicted molar refractivity (Wildman–Crippen MR) is 88.5 cm³/mol. The fraction of sp³-hybridized carbons (Fsp3) is 0.444. The zero-order valence-corrected chi connectivity index (χ0v) is 13.0. The molecule has 2 aromatic heterocycles. The second-order valence-electron chi connectivity index (χ2n) is 5.93. The van der Waals surface area contributed by atoms with Crippen molar-refractivity contribution < 1.29 is 0 Å². The van der Waals surface area contributed by atoms with Crippen molar-refractivity contribution in [3.05, 3.63) is 60.2 Å². The normalized spacial score (nSPS) is 16.7. The van der Waals surface area contributed by atoms with E-state index >= 15 is 0 Å². The van der Waals surface area contributed by atoms with Crippen LogP contribution < -0.4 is 5.32 Å². The SMILES string of the molecule is c1ccc(CCNC2CCN(Cc3ccncc3)CC2)nc1. The van der Waals surface area contributed by atoms with E-state index in [9.17, 15) is 0 Å². The Labute approximate surface area is 132 Å². The maximum Gasteiger partial charge on any atom is 0.0416 e. The minimum absolute atomic E-state index is 0.650. The molecule has 1 saturated heterocycles. The van der Waals surface area contributed by atoms with Gasteiger partial charge in [0.25, 0.3) is 0 Å². The smallest absolute Gasteiger partial charge is 0.0416 e. The number of aromatic nitrogens is 2. The van der Waals surface area contributed by atoms with Crippen LogP contribution in [-0.4, -0.2) is 40.5 Å². The van der Waals surface area contributed by atoms with Crippen LogP contribution >= 0.6 is 0 Å². The Bertz CT molecular complexity index is 536. The maximum atomic E-state index is 4.37. The predicted octanol–water partition coefficient (Wildman–Crippen LogP) is 2.27. The quantitative estimate of drug-likeness (QED) is 0.888. The molecular weight excluding hydrogens is 272 g/mol. The second kappa shape index (κ2) is 8.01. The molecule has 2 aromatic rings. The first-order chi connectivity index (χ1) is 10.9. The van der Waals surface area contributed by atoms with Gasteiger partial charge in [0.2, 0.25) is 0 Å². The molecule has 0 amide bonds. The second-order valence-corrected chi connectivity index (χ2v) is 5.93. The minimum Gasteiger partial charge on any atom is -0.313 e. The van der Waals surface area contributed by atoms with E-state index in [1.54, 1.807) is 0 Å². The zero-order valence-electron chi connectivity index (χ0n) is 13.0. The molecule has 3 rings (SSSR count). The highest BCUT2D eigenvalue weighted by Gasteiger charge is 2.18. The van der Waals surface area contributed by atoms with Crippen LogP contribution in [0.4, 0.5) is 0 Å². The van der Waals surface area contributed by atoms with E-state index in [0.717, 1.165) is 19.5 Å². The molecular formula is C18H24N4. The Morgan fingerprint density at radius 2 is 1.86 bits per heavy atom. The van der Waals surface area contributed by atoms with Gasteiger partial charge in [0.15, 0.2) is 0 Å². The van der Waals surface area contributed by atoms with E-state index in [-0.39, 0.29) is 0 Å². The molecule has 4 heteroatoms. The number of rotatable bonds is 6. The third-order valence-corrected chi connectivity index (χ3v) is 4.28. The summed E-state index contributed by atoms with van der Waals surface area (Å²) in [5, 5.41) is 3.68. The van der Waals surface area contributed by atoms with Gasteiger partial charge in [-0.2, -0.15) is 0 Å². The molecule has 4 nitrogen and oxygen atoms in total. The summed E-state index contributed by atoms with van der Waals surface area (Å²) < 4.78 is 0. The highest BCUT2D eigenvalue weighted by atomic mass is 15.1. The molecule has 22 heavy (non-hydrogen) atoms. The molecule has 3 heterocycles. The van der Waals surface area contributed by atoms with Gasteiger partial charge in [0, 0.05) is 49.8 Å². The summed E-state index contributed by atoms with van der Waals surface area (Å²) >= 11 is 0. The number of nitrogens with zero attached hydrogens (tertiary/aromatic N) is 3. The van der Waals surface area contributed by atoms with Gasteiger partial charge < -0.3 is 5.32 Å². The molecule has 1 N–H and O–H groups in total. The van der Waals surface area contributed by atoms with Crippen molar-refractivity contribution in [2.24, 2.45) is 0 Å². The molecule has 0 aromatic carbocycles. The summed E-state index contributed by atoms with van der Waals surface area (Å²) in [6.45, 7) is 4.41. The number of pyridine rings is 2. The van der Waals surface area contributed by atoms with Crippen molar-refractivity contribution in [2.45, 2.75) is 31.8 Å². The van der Waals surface area contributed by atoms with Gasteiger partial charge in [0.1, 0.15) is 0 Å². The van der Waals surface area contributed by atoms with Gasteiger partial charge in [-0.1, -0.05) is 6.07 Å². The monoisotopic (exact) mass is 296 g/mol. The van der Waals surface area contributed by atoms with Crippen LogP contribution in [0.5, 0.6) is 0 Å². The summed E-state index contributed by atoms with van der Waals surface area (Å²) in [4.78, 5) is 11.0. The summed E-state index contributed by atoms with van der Waals surface area (Å²) in [6.07, 6.45) is 9.09. The van der Waals surface area contributed by atoms with Crippen LogP contribution in [0.1, 0.15) is 24.1 Å². The zero-order chi connectivity index (χ0) is 15.0. The van der Waals surface area contributed by atoms with Crippen LogP contribution in [0, 0.1) is 0 Å². The van der Waals surface area contributed by atoms with E-state index in [2.05, 4.69) is 44.5 Å². The first kappa shape index (κ1) is 15.1. The highest BCUT2D eigenvalue weighted by molar-refractivity contribution is 5.09. The molecule has 0 atom stereocenters. The van der Waals surface area contributed by atoms with E-state index in [0.29, 0.717) is 6.04 Å². The Hall–Kier alpha value is -1.78. The molecule has 1 aliphatic heterocycles. The third-order valence-electron chi connectivity index (χ3n) is 4.28. The van der Waals surface area contributed by atoms with Gasteiger partial charge in [-0.15, -0.1) is 0 Å². The lowest BCUT2D eigenvalue weighted by Crippen LogP contribution is -2.42. The molecule has 0 spiro atoms. The van der Waals surface area contributed by atoms with E-state index < -0.39 is 0 Å². The van der Waals surface area contributed by atoms with Crippen molar-refractivity contribution >= 4 is 0 Å². The fourth-order valence-corrected chi connectivity index (χ4v) is 2.99. The van der Waals surface area contributed by atoms with Crippen molar-refractivity contribution in [1.29, 1.82) is 0 Å². The Kier molecular flexibility index (Phi) is 5.51. The molecule has 1 fully saturated rings. The molecule has 0 bridgehead atoms. The van der Waals surface area contributed by atoms with E-state index in [4.69, 9.17) is 0 Å². The first-order valence-corrected chi connectivity index (χ1v) is 8.15. The van der Waals surface area contributed by atoms with Gasteiger partial charge in [0.05, 0.1) is 0 Å². The Morgan fingerprint density at radius 3 is 2.59 bits per heavy atom. The molecule has 0 radical (unpaired) electrons. The van der Waals surface area contributed by atoms with Gasteiger partial charge in [-0.3, -0.25) is 14.9 Å². The molecule has 0 saturated carbocycles. The summed E-state index contributed by atoms with van der Waals surface area (Å²) in [5.74, 6) is 0. The van der Waals surface area contributed by atoms with Crippen molar-refractivity contribution in [2.75, 3.05) is 19.6 Å². The maximum absolute atomic E-state index is 4.37. The third kappa shape index (κ3) is 4.61. The summed E-state index contributed by atoms with van der Waals surface area (Å²) in [7, 11) is 0. The van der Waals surface area contributed by atoms with E-state index in [1.165, 1.54) is 37.2 Å². The number of hydrogen-bond acceptors (Lipinski definition) is 4. The number of piperidine rings is 1. The van der Waals surface area contributed by atoms with Crippen LogP contribution in [0.25, 0.3) is 0 Å². The summed E-state index contributed by atoms with van der Waals surface area (Å²) in [6, 6.07) is 11.0. The Morgan fingerprint density at radius 1 is 1.05 bits per heavy atom. The van der Waals surface area contributed by atoms with Crippen LogP contribution in [0.2, 0.25) is 0 Å². The lowest BCUT2D eigenvalue weighted by molar-refractivity contribution is 0.191. The first-order valence-electron chi connectivity index (χ1n) is 8.15. The van der Waals surface area contributed by atoms with E-state index in [1.807, 2.05) is 24.7 Å². The number of likely N-dealkylation sites (tertiary alicyclic amines) is 1. The molecule has 1 aliphatic rings. The average Bonchev–Trinajstić information content (AvgIpc) is 2.58. The lowest BCUT2D eigenvalue weighted by atomic mass is 10.0. The largest absolute Gasteiger partial charge is 0.313 e. The van der Waals surface area contributed by atoms with Gasteiger partial charge in [-0.25, -0.2) is 0 Å². The van der Waals surface area contributed by atoms with Crippen molar-refractivity contribution in [3.63, 3.8) is 0 Å². The van der Waals surface area contributed by atoms with Crippen LogP contribution in [0.3, 0.4) is 0 Å². The fourth-order valence-electron chi connectivity index (χ4n) is 2.99. The van der Waals surface area contributed by atoms with Gasteiger partial charge in [-0.05, 0) is 55.8 Å². The molecule has 0 aliphatic carbocycles. The highest BCUT2D eigenvalue weighted by Crippen LogP contribution is 2.13. The number of hydrogen-bond donors (Lipinski definition) is 1.